The standard InChI is InChI=1S/C25H28N2O3/c1-4-29-23-7-5-6-8-24(23)30-19-11-13-27(14-12-19)25(28)21-16-18(3)26-22-10-9-17(2)15-20(21)22/h5-10,15-16,19H,4,11-14H2,1-3H3. The molecule has 1 aliphatic heterocycles. The van der Waals surface area contributed by atoms with Gasteiger partial charge in [-0.2, -0.15) is 0 Å². The molecule has 0 atom stereocenters. The molecule has 5 nitrogen and oxygen atoms in total. The molecule has 0 N–H and O–H groups in total. The Kier molecular flexibility index (Phi) is 5.88. The predicted octanol–water partition coefficient (Wildman–Crippen LogP) is 4.93. The summed E-state index contributed by atoms with van der Waals surface area (Å²) in [6, 6.07) is 15.8. The van der Waals surface area contributed by atoms with E-state index >= 15 is 0 Å². The van der Waals surface area contributed by atoms with Crippen LogP contribution in [0.1, 0.15) is 41.4 Å². The number of nitrogens with zero attached hydrogens (tertiary/aromatic N) is 2. The zero-order valence-corrected chi connectivity index (χ0v) is 17.9. The van der Waals surface area contributed by atoms with Crippen LogP contribution in [-0.4, -0.2) is 41.6 Å². The van der Waals surface area contributed by atoms with Gasteiger partial charge in [-0.15, -0.1) is 0 Å². The van der Waals surface area contributed by atoms with E-state index in [1.807, 2.05) is 68.1 Å². The molecule has 0 saturated carbocycles. The molecule has 2 aromatic carbocycles. The third-order valence-electron chi connectivity index (χ3n) is 5.49. The van der Waals surface area contributed by atoms with E-state index in [1.165, 1.54) is 0 Å². The van der Waals surface area contributed by atoms with Crippen LogP contribution < -0.4 is 9.47 Å². The molecule has 30 heavy (non-hydrogen) atoms. The maximum Gasteiger partial charge on any atom is 0.254 e. The molecule has 1 aromatic heterocycles. The summed E-state index contributed by atoms with van der Waals surface area (Å²) in [5, 5.41) is 0.926. The molecule has 0 spiro atoms. The number of para-hydroxylation sites is 2. The van der Waals surface area contributed by atoms with E-state index in [2.05, 4.69) is 11.1 Å². The van der Waals surface area contributed by atoms with Crippen molar-refractivity contribution >= 4 is 16.8 Å². The quantitative estimate of drug-likeness (QED) is 0.605. The van der Waals surface area contributed by atoms with Gasteiger partial charge in [-0.05, 0) is 51.1 Å². The summed E-state index contributed by atoms with van der Waals surface area (Å²) < 4.78 is 11.9. The minimum Gasteiger partial charge on any atom is -0.490 e. The van der Waals surface area contributed by atoms with Crippen molar-refractivity contribution in [3.05, 3.63) is 65.4 Å². The third-order valence-corrected chi connectivity index (χ3v) is 5.49. The maximum atomic E-state index is 13.3. The topological polar surface area (TPSA) is 51.7 Å². The molecule has 2 heterocycles. The lowest BCUT2D eigenvalue weighted by Crippen LogP contribution is -2.42. The van der Waals surface area contributed by atoms with Crippen molar-refractivity contribution in [2.75, 3.05) is 19.7 Å². The van der Waals surface area contributed by atoms with Crippen LogP contribution in [0, 0.1) is 13.8 Å². The van der Waals surface area contributed by atoms with E-state index in [-0.39, 0.29) is 12.0 Å². The number of piperidine rings is 1. The van der Waals surface area contributed by atoms with E-state index < -0.39 is 0 Å². The van der Waals surface area contributed by atoms with Crippen LogP contribution in [0.15, 0.2) is 48.5 Å². The van der Waals surface area contributed by atoms with E-state index in [4.69, 9.17) is 9.47 Å². The number of carbonyl (C=O) groups excluding carboxylic acids is 1. The molecule has 1 aliphatic rings. The number of likely N-dealkylation sites (tertiary alicyclic amines) is 1. The lowest BCUT2D eigenvalue weighted by molar-refractivity contribution is 0.0591. The number of hydrogen-bond acceptors (Lipinski definition) is 4. The Morgan fingerprint density at radius 2 is 1.80 bits per heavy atom. The number of pyridine rings is 1. The van der Waals surface area contributed by atoms with Gasteiger partial charge in [0.05, 0.1) is 17.7 Å². The summed E-state index contributed by atoms with van der Waals surface area (Å²) in [5.41, 5.74) is 3.60. The van der Waals surface area contributed by atoms with E-state index in [9.17, 15) is 4.79 Å². The van der Waals surface area contributed by atoms with E-state index in [0.29, 0.717) is 19.7 Å². The molecule has 4 rings (SSSR count). The largest absolute Gasteiger partial charge is 0.490 e. The zero-order valence-electron chi connectivity index (χ0n) is 17.9. The smallest absolute Gasteiger partial charge is 0.254 e. The fourth-order valence-corrected chi connectivity index (χ4v) is 4.00. The molecule has 3 aromatic rings. The van der Waals surface area contributed by atoms with Gasteiger partial charge in [-0.25, -0.2) is 0 Å². The van der Waals surface area contributed by atoms with E-state index in [1.54, 1.807) is 0 Å². The summed E-state index contributed by atoms with van der Waals surface area (Å²) in [7, 11) is 0. The van der Waals surface area contributed by atoms with Crippen LogP contribution in [0.3, 0.4) is 0 Å². The Labute approximate surface area is 177 Å². The van der Waals surface area contributed by atoms with Gasteiger partial charge in [-0.1, -0.05) is 23.8 Å². The number of fused-ring (bicyclic) bond motifs is 1. The second-order valence-electron chi connectivity index (χ2n) is 7.82. The van der Waals surface area contributed by atoms with Crippen molar-refractivity contribution < 1.29 is 14.3 Å². The van der Waals surface area contributed by atoms with Crippen molar-refractivity contribution in [3.63, 3.8) is 0 Å². The number of amides is 1. The molecule has 1 saturated heterocycles. The lowest BCUT2D eigenvalue weighted by atomic mass is 10.0. The number of aryl methyl sites for hydroxylation is 2. The first-order valence-electron chi connectivity index (χ1n) is 10.6. The minimum absolute atomic E-state index is 0.0734. The highest BCUT2D eigenvalue weighted by molar-refractivity contribution is 6.06. The lowest BCUT2D eigenvalue weighted by Gasteiger charge is -2.32. The second kappa shape index (κ2) is 8.74. The van der Waals surface area contributed by atoms with Crippen LogP contribution in [-0.2, 0) is 0 Å². The molecular weight excluding hydrogens is 376 g/mol. The first-order valence-corrected chi connectivity index (χ1v) is 10.6. The Hall–Kier alpha value is -3.08. The fraction of sp³-hybridized carbons (Fsp3) is 0.360. The summed E-state index contributed by atoms with van der Waals surface area (Å²) in [6.45, 7) is 7.89. The highest BCUT2D eigenvalue weighted by atomic mass is 16.5. The molecule has 5 heteroatoms. The zero-order chi connectivity index (χ0) is 21.1. The second-order valence-corrected chi connectivity index (χ2v) is 7.82. The van der Waals surface area contributed by atoms with Crippen LogP contribution in [0.5, 0.6) is 11.5 Å². The first-order chi connectivity index (χ1) is 14.5. The molecule has 0 unspecified atom stereocenters. The average molecular weight is 405 g/mol. The predicted molar refractivity (Wildman–Crippen MR) is 118 cm³/mol. The Morgan fingerprint density at radius 3 is 2.53 bits per heavy atom. The molecule has 1 amide bonds. The highest BCUT2D eigenvalue weighted by Crippen LogP contribution is 2.30. The summed E-state index contributed by atoms with van der Waals surface area (Å²) in [4.78, 5) is 19.8. The van der Waals surface area contributed by atoms with Crippen LogP contribution in [0.25, 0.3) is 10.9 Å². The van der Waals surface area contributed by atoms with Gasteiger partial charge >= 0.3 is 0 Å². The Balaban J connectivity index is 1.47. The van der Waals surface area contributed by atoms with E-state index in [0.717, 1.165) is 52.1 Å². The normalized spacial score (nSPS) is 14.7. The minimum atomic E-state index is 0.0734. The van der Waals surface area contributed by atoms with Crippen molar-refractivity contribution in [1.29, 1.82) is 0 Å². The molecule has 0 bridgehead atoms. The summed E-state index contributed by atoms with van der Waals surface area (Å²) >= 11 is 0. The number of benzene rings is 2. The SMILES string of the molecule is CCOc1ccccc1OC1CCN(C(=O)c2cc(C)nc3ccc(C)cc23)CC1. The Morgan fingerprint density at radius 1 is 1.07 bits per heavy atom. The molecule has 0 aliphatic carbocycles. The highest BCUT2D eigenvalue weighted by Gasteiger charge is 2.26. The monoisotopic (exact) mass is 404 g/mol. The number of hydrogen-bond donors (Lipinski definition) is 0. The summed E-state index contributed by atoms with van der Waals surface area (Å²) in [5.74, 6) is 1.62. The van der Waals surface area contributed by atoms with Crippen LogP contribution in [0.4, 0.5) is 0 Å². The third kappa shape index (κ3) is 4.25. The van der Waals surface area contributed by atoms with Crippen LogP contribution in [0.2, 0.25) is 0 Å². The van der Waals surface area contributed by atoms with Crippen molar-refractivity contribution in [2.24, 2.45) is 0 Å². The molecule has 156 valence electrons. The van der Waals surface area contributed by atoms with Gasteiger partial charge in [0, 0.05) is 37.0 Å². The van der Waals surface area contributed by atoms with Crippen molar-refractivity contribution in [3.8, 4) is 11.5 Å². The average Bonchev–Trinajstić information content (AvgIpc) is 2.75. The Bertz CT molecular complexity index is 1060. The van der Waals surface area contributed by atoms with Gasteiger partial charge in [0.2, 0.25) is 0 Å². The van der Waals surface area contributed by atoms with Crippen molar-refractivity contribution in [2.45, 2.75) is 39.7 Å². The molecule has 0 radical (unpaired) electrons. The van der Waals surface area contributed by atoms with Crippen LogP contribution >= 0.6 is 0 Å². The fourth-order valence-electron chi connectivity index (χ4n) is 4.00. The van der Waals surface area contributed by atoms with Gasteiger partial charge in [0.15, 0.2) is 11.5 Å². The van der Waals surface area contributed by atoms with Crippen molar-refractivity contribution in [1.82, 2.24) is 9.88 Å². The number of rotatable bonds is 5. The maximum absolute atomic E-state index is 13.3. The molecular formula is C25H28N2O3. The van der Waals surface area contributed by atoms with Gasteiger partial charge in [0.25, 0.3) is 5.91 Å². The first kappa shape index (κ1) is 20.2. The van der Waals surface area contributed by atoms with Gasteiger partial charge in [0.1, 0.15) is 6.10 Å². The van der Waals surface area contributed by atoms with Gasteiger partial charge in [-0.3, -0.25) is 9.78 Å². The van der Waals surface area contributed by atoms with Gasteiger partial charge < -0.3 is 14.4 Å². The number of ether oxygens (including phenoxy) is 2. The summed E-state index contributed by atoms with van der Waals surface area (Å²) in [6.07, 6.45) is 1.68. The molecule has 1 fully saturated rings. The number of aromatic nitrogens is 1. The number of carbonyl (C=O) groups is 1.